The number of carbonyl (C=O) groups is 1. The van der Waals surface area contributed by atoms with Gasteiger partial charge < -0.3 is 10.2 Å². The second kappa shape index (κ2) is 6.55. The molecular formula is C22H27N5O2. The Morgan fingerprint density at radius 1 is 1.10 bits per heavy atom. The lowest BCUT2D eigenvalue weighted by Gasteiger charge is -2.43. The van der Waals surface area contributed by atoms with Crippen LogP contribution in [0.25, 0.3) is 0 Å². The molecule has 0 radical (unpaired) electrons. The first-order valence-electron chi connectivity index (χ1n) is 11.0. The number of fused-ring (bicyclic) bond motifs is 5. The van der Waals surface area contributed by atoms with E-state index in [1.54, 1.807) is 6.07 Å². The van der Waals surface area contributed by atoms with Crippen LogP contribution in [0.15, 0.2) is 23.0 Å². The van der Waals surface area contributed by atoms with Crippen molar-refractivity contribution in [3.05, 3.63) is 51.2 Å². The summed E-state index contributed by atoms with van der Waals surface area (Å²) >= 11 is 0. The molecule has 0 aromatic carbocycles. The van der Waals surface area contributed by atoms with Gasteiger partial charge in [0.05, 0.1) is 5.69 Å². The molecule has 2 N–H and O–H groups in total. The number of hydrogen-bond donors (Lipinski definition) is 2. The highest BCUT2D eigenvalue weighted by Gasteiger charge is 2.43. The SMILES string of the molecule is O=C([C@H]1[C@@H]2CNC[C@@H](C2)c2cccc(=O)n21)N1CCc2[nH]nc(C3CC3)c2CC1. The maximum atomic E-state index is 13.7. The van der Waals surface area contributed by atoms with Gasteiger partial charge in [0.2, 0.25) is 5.91 Å². The van der Waals surface area contributed by atoms with E-state index in [4.69, 9.17) is 0 Å². The predicted octanol–water partition coefficient (Wildman–Crippen LogP) is 1.32. The molecule has 7 heteroatoms. The van der Waals surface area contributed by atoms with Crippen LogP contribution >= 0.6 is 0 Å². The van der Waals surface area contributed by atoms with E-state index >= 15 is 0 Å². The Bertz CT molecular complexity index is 1020. The zero-order chi connectivity index (χ0) is 19.5. The highest BCUT2D eigenvalue weighted by Crippen LogP contribution is 2.42. The minimum atomic E-state index is -0.389. The highest BCUT2D eigenvalue weighted by molar-refractivity contribution is 5.81. The Hall–Kier alpha value is -2.41. The van der Waals surface area contributed by atoms with Crippen molar-refractivity contribution in [2.75, 3.05) is 26.2 Å². The molecule has 2 fully saturated rings. The van der Waals surface area contributed by atoms with E-state index in [1.807, 2.05) is 21.6 Å². The van der Waals surface area contributed by atoms with Crippen LogP contribution in [-0.4, -0.2) is 51.8 Å². The number of nitrogens with one attached hydrogen (secondary N) is 2. The number of rotatable bonds is 2. The van der Waals surface area contributed by atoms with Crippen LogP contribution in [0, 0.1) is 5.92 Å². The first kappa shape index (κ1) is 17.4. The van der Waals surface area contributed by atoms with Crippen molar-refractivity contribution >= 4 is 5.91 Å². The molecule has 1 amide bonds. The maximum absolute atomic E-state index is 13.7. The van der Waals surface area contributed by atoms with Gasteiger partial charge in [-0.2, -0.15) is 5.10 Å². The molecule has 2 aromatic rings. The third-order valence-corrected chi connectivity index (χ3v) is 7.33. The average Bonchev–Trinajstić information content (AvgIpc) is 3.53. The van der Waals surface area contributed by atoms with Gasteiger partial charge in [-0.05, 0) is 37.3 Å². The van der Waals surface area contributed by atoms with Gasteiger partial charge in [-0.25, -0.2) is 0 Å². The van der Waals surface area contributed by atoms with Gasteiger partial charge in [0.25, 0.3) is 5.56 Å². The largest absolute Gasteiger partial charge is 0.340 e. The quantitative estimate of drug-likeness (QED) is 0.806. The summed E-state index contributed by atoms with van der Waals surface area (Å²) in [7, 11) is 0. The topological polar surface area (TPSA) is 83.0 Å². The Labute approximate surface area is 169 Å². The second-order valence-corrected chi connectivity index (χ2v) is 9.12. The number of nitrogens with zero attached hydrogens (tertiary/aromatic N) is 3. The summed E-state index contributed by atoms with van der Waals surface area (Å²) in [5.74, 6) is 1.23. The predicted molar refractivity (Wildman–Crippen MR) is 108 cm³/mol. The van der Waals surface area contributed by atoms with Gasteiger partial charge in [0, 0.05) is 67.8 Å². The fourth-order valence-corrected chi connectivity index (χ4v) is 5.72. The molecule has 7 nitrogen and oxygen atoms in total. The number of piperidine rings is 1. The summed E-state index contributed by atoms with van der Waals surface area (Å²) in [6, 6.07) is 5.06. The number of hydrogen-bond acceptors (Lipinski definition) is 4. The minimum Gasteiger partial charge on any atom is -0.340 e. The molecule has 2 bridgehead atoms. The number of H-pyrrole nitrogens is 1. The molecule has 1 aliphatic carbocycles. The Balaban J connectivity index is 1.31. The molecule has 6 rings (SSSR count). The Kier molecular flexibility index (Phi) is 3.94. The van der Waals surface area contributed by atoms with Crippen molar-refractivity contribution < 1.29 is 4.79 Å². The zero-order valence-electron chi connectivity index (χ0n) is 16.6. The number of carbonyl (C=O) groups excluding carboxylic acids is 1. The maximum Gasteiger partial charge on any atom is 0.251 e. The van der Waals surface area contributed by atoms with E-state index < -0.39 is 0 Å². The summed E-state index contributed by atoms with van der Waals surface area (Å²) in [4.78, 5) is 28.5. The first-order valence-corrected chi connectivity index (χ1v) is 11.0. The first-order chi connectivity index (χ1) is 14.2. The molecule has 4 aliphatic rings. The normalized spacial score (nSPS) is 28.4. The van der Waals surface area contributed by atoms with E-state index in [1.165, 1.54) is 29.8 Å². The zero-order valence-corrected chi connectivity index (χ0v) is 16.6. The van der Waals surface area contributed by atoms with Gasteiger partial charge in [-0.15, -0.1) is 0 Å². The third kappa shape index (κ3) is 2.78. The van der Waals surface area contributed by atoms with E-state index in [9.17, 15) is 9.59 Å². The summed E-state index contributed by atoms with van der Waals surface area (Å²) < 4.78 is 1.81. The van der Waals surface area contributed by atoms with Crippen molar-refractivity contribution in [2.45, 2.75) is 50.0 Å². The lowest BCUT2D eigenvalue weighted by molar-refractivity contribution is -0.137. The number of aromatic amines is 1. The van der Waals surface area contributed by atoms with Crippen molar-refractivity contribution in [1.82, 2.24) is 25.0 Å². The molecule has 0 unspecified atom stereocenters. The lowest BCUT2D eigenvalue weighted by Crippen LogP contribution is -2.53. The molecule has 3 aliphatic heterocycles. The van der Waals surface area contributed by atoms with Crippen molar-refractivity contribution in [2.24, 2.45) is 5.92 Å². The van der Waals surface area contributed by atoms with Gasteiger partial charge >= 0.3 is 0 Å². The van der Waals surface area contributed by atoms with Gasteiger partial charge in [-0.1, -0.05) is 6.07 Å². The Morgan fingerprint density at radius 2 is 1.97 bits per heavy atom. The van der Waals surface area contributed by atoms with Gasteiger partial charge in [0.1, 0.15) is 6.04 Å². The molecule has 2 aromatic heterocycles. The number of aromatic nitrogens is 3. The lowest BCUT2D eigenvalue weighted by atomic mass is 9.79. The fraction of sp³-hybridized carbons (Fsp3) is 0.591. The number of pyridine rings is 1. The summed E-state index contributed by atoms with van der Waals surface area (Å²) in [6.07, 6.45) is 5.12. The van der Waals surface area contributed by atoms with Crippen LogP contribution in [0.4, 0.5) is 0 Å². The molecule has 152 valence electrons. The van der Waals surface area contributed by atoms with Crippen LogP contribution in [-0.2, 0) is 17.6 Å². The smallest absolute Gasteiger partial charge is 0.251 e. The third-order valence-electron chi connectivity index (χ3n) is 7.33. The van der Waals surface area contributed by atoms with Crippen LogP contribution in [0.2, 0.25) is 0 Å². The Morgan fingerprint density at radius 3 is 2.83 bits per heavy atom. The second-order valence-electron chi connectivity index (χ2n) is 9.12. The van der Waals surface area contributed by atoms with Crippen LogP contribution < -0.4 is 10.9 Å². The minimum absolute atomic E-state index is 0.0438. The summed E-state index contributed by atoms with van der Waals surface area (Å²) in [5.41, 5.74) is 4.73. The van der Waals surface area contributed by atoms with E-state index in [0.29, 0.717) is 24.9 Å². The molecular weight excluding hydrogens is 366 g/mol. The van der Waals surface area contributed by atoms with Crippen LogP contribution in [0.1, 0.15) is 59.8 Å². The summed E-state index contributed by atoms with van der Waals surface area (Å²) in [6.45, 7) is 3.09. The molecule has 3 atom stereocenters. The van der Waals surface area contributed by atoms with Crippen LogP contribution in [0.3, 0.4) is 0 Å². The molecule has 1 saturated carbocycles. The van der Waals surface area contributed by atoms with Crippen molar-refractivity contribution in [3.8, 4) is 0 Å². The summed E-state index contributed by atoms with van der Waals surface area (Å²) in [5, 5.41) is 11.3. The van der Waals surface area contributed by atoms with E-state index in [-0.39, 0.29) is 23.4 Å². The van der Waals surface area contributed by atoms with Gasteiger partial charge in [0.15, 0.2) is 0 Å². The monoisotopic (exact) mass is 393 g/mol. The molecule has 29 heavy (non-hydrogen) atoms. The van der Waals surface area contributed by atoms with E-state index in [0.717, 1.165) is 38.0 Å². The van der Waals surface area contributed by atoms with Crippen molar-refractivity contribution in [3.63, 3.8) is 0 Å². The standard InChI is InChI=1S/C22H27N5O2/c28-19-3-1-2-18-14-10-15(12-23-11-14)21(27(18)19)22(29)26-8-6-16-17(7-9-26)24-25-20(16)13-4-5-13/h1-3,13-15,21,23H,4-12H2,(H,24,25)/t14-,15+,21-/m1/s1. The average molecular weight is 393 g/mol. The fourth-order valence-electron chi connectivity index (χ4n) is 5.72. The molecule has 0 spiro atoms. The molecule has 1 saturated heterocycles. The molecule has 5 heterocycles. The van der Waals surface area contributed by atoms with Crippen LogP contribution in [0.5, 0.6) is 0 Å². The number of amides is 1. The van der Waals surface area contributed by atoms with Crippen molar-refractivity contribution in [1.29, 1.82) is 0 Å². The van der Waals surface area contributed by atoms with Gasteiger partial charge in [-0.3, -0.25) is 19.3 Å². The highest BCUT2D eigenvalue weighted by atomic mass is 16.2. The van der Waals surface area contributed by atoms with E-state index in [2.05, 4.69) is 15.5 Å².